The van der Waals surface area contributed by atoms with E-state index in [1.807, 2.05) is 0 Å². The van der Waals surface area contributed by atoms with Gasteiger partial charge < -0.3 is 10.5 Å². The molecule has 0 saturated heterocycles. The number of hydrazone groups is 1. The number of thiocarbonyl (C=S) groups is 1. The Morgan fingerprint density at radius 1 is 1.22 bits per heavy atom. The third kappa shape index (κ3) is 7.15. The van der Waals surface area contributed by atoms with Crippen LogP contribution >= 0.6 is 12.2 Å². The van der Waals surface area contributed by atoms with E-state index < -0.39 is 24.6 Å². The second kappa shape index (κ2) is 7.46. The van der Waals surface area contributed by atoms with Gasteiger partial charge in [-0.3, -0.25) is 5.43 Å². The highest BCUT2D eigenvalue weighted by molar-refractivity contribution is 7.80. The second-order valence-electron chi connectivity index (χ2n) is 3.85. The van der Waals surface area contributed by atoms with Crippen LogP contribution < -0.4 is 15.9 Å². The molecule has 0 radical (unpaired) electrons. The minimum Gasteiger partial charge on any atom is -0.429 e. The molecule has 128 valence electrons. The maximum Gasteiger partial charge on any atom is 0.525 e. The molecule has 0 fully saturated rings. The van der Waals surface area contributed by atoms with E-state index in [0.717, 1.165) is 12.1 Å². The average Bonchev–Trinajstić information content (AvgIpc) is 2.38. The monoisotopic (exact) mass is 361 g/mol. The number of alkyl halides is 6. The Balaban J connectivity index is 2.69. The molecule has 0 aromatic heterocycles. The van der Waals surface area contributed by atoms with Gasteiger partial charge in [0, 0.05) is 0 Å². The zero-order chi connectivity index (χ0) is 17.7. The summed E-state index contributed by atoms with van der Waals surface area (Å²) in [5, 5.41) is 3.48. The molecule has 0 heterocycles. The molecular formula is C11H9F6N3O2S. The fourth-order valence-corrected chi connectivity index (χ4v) is 1.23. The largest absolute Gasteiger partial charge is 0.525 e. The first-order chi connectivity index (χ1) is 10.5. The number of hydrogen-bond donors (Lipinski definition) is 2. The van der Waals surface area contributed by atoms with Crippen LogP contribution in [-0.2, 0) is 4.74 Å². The first kappa shape index (κ1) is 19.0. The summed E-state index contributed by atoms with van der Waals surface area (Å²) in [4.78, 5) is 0. The van der Waals surface area contributed by atoms with E-state index in [-0.39, 0.29) is 5.11 Å². The third-order valence-electron chi connectivity index (χ3n) is 2.02. The van der Waals surface area contributed by atoms with Gasteiger partial charge in [-0.05, 0) is 42.0 Å². The number of nitrogens with zero attached hydrogens (tertiary/aromatic N) is 1. The molecule has 12 heteroatoms. The van der Waals surface area contributed by atoms with Crippen LogP contribution in [0.1, 0.15) is 5.56 Å². The van der Waals surface area contributed by atoms with Crippen LogP contribution in [0.4, 0.5) is 26.3 Å². The van der Waals surface area contributed by atoms with Gasteiger partial charge in [-0.2, -0.15) is 13.9 Å². The Morgan fingerprint density at radius 3 is 2.26 bits per heavy atom. The second-order valence-corrected chi connectivity index (χ2v) is 4.29. The smallest absolute Gasteiger partial charge is 0.429 e. The highest BCUT2D eigenvalue weighted by atomic mass is 32.1. The number of halogens is 6. The summed E-state index contributed by atoms with van der Waals surface area (Å²) in [5.41, 5.74) is 7.73. The van der Waals surface area contributed by atoms with Crippen molar-refractivity contribution in [2.45, 2.75) is 18.8 Å². The fourth-order valence-electron chi connectivity index (χ4n) is 1.18. The van der Waals surface area contributed by atoms with Gasteiger partial charge in [0.1, 0.15) is 5.75 Å². The minimum atomic E-state index is -5.57. The summed E-state index contributed by atoms with van der Waals surface area (Å²) in [6.07, 6.45) is -13.2. The lowest BCUT2D eigenvalue weighted by molar-refractivity contribution is -0.411. The first-order valence-corrected chi connectivity index (χ1v) is 6.04. The Hall–Kier alpha value is -2.08. The van der Waals surface area contributed by atoms with Crippen LogP contribution in [0.15, 0.2) is 29.4 Å². The number of nitrogens with one attached hydrogen (secondary N) is 1. The summed E-state index contributed by atoms with van der Waals surface area (Å²) >= 11 is 4.48. The lowest BCUT2D eigenvalue weighted by Crippen LogP contribution is -2.41. The van der Waals surface area contributed by atoms with Crippen molar-refractivity contribution in [1.29, 1.82) is 0 Å². The zero-order valence-corrected chi connectivity index (χ0v) is 11.8. The van der Waals surface area contributed by atoms with E-state index in [2.05, 4.69) is 32.2 Å². The SMILES string of the molecule is NC(=S)NN=Cc1ccc(OC(F)(F)C(F)OC(F)(F)F)cc1. The van der Waals surface area contributed by atoms with Gasteiger partial charge in [-0.15, -0.1) is 13.2 Å². The standard InChI is InChI=1S/C11H9F6N3O2S/c12-8(22-11(15,16)17)10(13,14)21-7-3-1-6(2-4-7)5-19-20-9(18)23/h1-5,8H,(H3,18,20,23). The number of nitrogens with two attached hydrogens (primary N) is 1. The lowest BCUT2D eigenvalue weighted by atomic mass is 10.2. The summed E-state index contributed by atoms with van der Waals surface area (Å²) in [5.74, 6) is -0.581. The molecule has 1 aromatic carbocycles. The lowest BCUT2D eigenvalue weighted by Gasteiger charge is -2.22. The van der Waals surface area contributed by atoms with Gasteiger partial charge in [0.25, 0.3) is 0 Å². The van der Waals surface area contributed by atoms with Crippen molar-refractivity contribution in [3.63, 3.8) is 0 Å². The highest BCUT2D eigenvalue weighted by Gasteiger charge is 2.50. The maximum atomic E-state index is 13.1. The Bertz CT molecular complexity index is 564. The van der Waals surface area contributed by atoms with E-state index in [1.165, 1.54) is 18.3 Å². The normalized spacial score (nSPS) is 13.8. The predicted molar refractivity (Wildman–Crippen MR) is 71.6 cm³/mol. The molecule has 0 aliphatic heterocycles. The van der Waals surface area contributed by atoms with E-state index in [0.29, 0.717) is 5.56 Å². The summed E-state index contributed by atoms with van der Waals surface area (Å²) in [6.45, 7) is 0. The van der Waals surface area contributed by atoms with Crippen LogP contribution in [0.5, 0.6) is 5.75 Å². The molecule has 1 aromatic rings. The molecule has 0 bridgehead atoms. The molecule has 0 aliphatic carbocycles. The van der Waals surface area contributed by atoms with Gasteiger partial charge >= 0.3 is 18.8 Å². The van der Waals surface area contributed by atoms with Crippen molar-refractivity contribution in [2.75, 3.05) is 0 Å². The summed E-state index contributed by atoms with van der Waals surface area (Å²) < 4.78 is 80.7. The molecule has 0 aliphatic rings. The Morgan fingerprint density at radius 2 is 1.78 bits per heavy atom. The third-order valence-corrected chi connectivity index (χ3v) is 2.12. The van der Waals surface area contributed by atoms with Gasteiger partial charge in [0.2, 0.25) is 0 Å². The first-order valence-electron chi connectivity index (χ1n) is 5.63. The number of benzene rings is 1. The Labute approximate surface area is 131 Å². The van der Waals surface area contributed by atoms with Gasteiger partial charge in [-0.1, -0.05) is 0 Å². The fraction of sp³-hybridized carbons (Fsp3) is 0.273. The van der Waals surface area contributed by atoms with Crippen LogP contribution in [0.25, 0.3) is 0 Å². The number of rotatable bonds is 6. The van der Waals surface area contributed by atoms with Gasteiger partial charge in [-0.25, -0.2) is 9.13 Å². The number of hydrogen-bond acceptors (Lipinski definition) is 4. The van der Waals surface area contributed by atoms with E-state index >= 15 is 0 Å². The zero-order valence-electron chi connectivity index (χ0n) is 11.0. The van der Waals surface area contributed by atoms with Crippen molar-refractivity contribution < 1.29 is 35.8 Å². The molecule has 1 atom stereocenters. The molecule has 0 amide bonds. The summed E-state index contributed by atoms with van der Waals surface area (Å²) in [7, 11) is 0. The Kier molecular flexibility index (Phi) is 6.15. The van der Waals surface area contributed by atoms with Gasteiger partial charge in [0.05, 0.1) is 6.21 Å². The molecule has 0 saturated carbocycles. The van der Waals surface area contributed by atoms with Crippen LogP contribution in [-0.4, -0.2) is 30.2 Å². The van der Waals surface area contributed by atoms with Crippen molar-refractivity contribution in [1.82, 2.24) is 5.43 Å². The van der Waals surface area contributed by atoms with Crippen LogP contribution in [0.2, 0.25) is 0 Å². The molecule has 0 spiro atoms. The molecule has 3 N–H and O–H groups in total. The maximum absolute atomic E-state index is 13.1. The van der Waals surface area contributed by atoms with Crippen molar-refractivity contribution >= 4 is 23.5 Å². The van der Waals surface area contributed by atoms with E-state index in [4.69, 9.17) is 5.73 Å². The van der Waals surface area contributed by atoms with E-state index in [1.54, 1.807) is 0 Å². The van der Waals surface area contributed by atoms with Crippen LogP contribution in [0, 0.1) is 0 Å². The quantitative estimate of drug-likeness (QED) is 0.353. The predicted octanol–water partition coefficient (Wildman–Crippen LogP) is 2.66. The van der Waals surface area contributed by atoms with Gasteiger partial charge in [0.15, 0.2) is 5.11 Å². The summed E-state index contributed by atoms with van der Waals surface area (Å²) in [6, 6.07) is 4.40. The topological polar surface area (TPSA) is 68.9 Å². The minimum absolute atomic E-state index is 0.0977. The van der Waals surface area contributed by atoms with E-state index in [9.17, 15) is 26.3 Å². The molecule has 5 nitrogen and oxygen atoms in total. The average molecular weight is 361 g/mol. The highest BCUT2D eigenvalue weighted by Crippen LogP contribution is 2.31. The molecule has 23 heavy (non-hydrogen) atoms. The van der Waals surface area contributed by atoms with Crippen molar-refractivity contribution in [3.05, 3.63) is 29.8 Å². The van der Waals surface area contributed by atoms with Crippen molar-refractivity contribution in [2.24, 2.45) is 10.8 Å². The van der Waals surface area contributed by atoms with Crippen LogP contribution in [0.3, 0.4) is 0 Å². The molecule has 1 rings (SSSR count). The molecular weight excluding hydrogens is 352 g/mol. The van der Waals surface area contributed by atoms with Crippen molar-refractivity contribution in [3.8, 4) is 5.75 Å². The number of ether oxygens (including phenoxy) is 2. The molecule has 1 unspecified atom stereocenters.